The number of aromatic amines is 1. The Kier molecular flexibility index (Phi) is 4.39. The van der Waals surface area contributed by atoms with Crippen LogP contribution in [0, 0.1) is 0 Å². The number of rotatable bonds is 4. The minimum Gasteiger partial charge on any atom is -0.497 e. The lowest BCUT2D eigenvalue weighted by atomic mass is 9.73. The first-order valence-electron chi connectivity index (χ1n) is 8.82. The number of amides is 1. The van der Waals surface area contributed by atoms with E-state index in [0.717, 1.165) is 27.9 Å². The topological polar surface area (TPSA) is 63.3 Å². The maximum atomic E-state index is 13.3. The second-order valence-corrected chi connectivity index (χ2v) is 6.66. The van der Waals surface area contributed by atoms with E-state index in [1.807, 2.05) is 54.7 Å². The Morgan fingerprint density at radius 2 is 1.88 bits per heavy atom. The van der Waals surface area contributed by atoms with Crippen LogP contribution in [-0.2, 0) is 14.9 Å². The van der Waals surface area contributed by atoms with Crippen molar-refractivity contribution in [2.75, 3.05) is 25.6 Å². The van der Waals surface area contributed by atoms with Gasteiger partial charge >= 0.3 is 0 Å². The zero-order chi connectivity index (χ0) is 18.0. The number of ether oxygens (including phenoxy) is 2. The second kappa shape index (κ2) is 6.84. The third-order valence-corrected chi connectivity index (χ3v) is 5.23. The van der Waals surface area contributed by atoms with Gasteiger partial charge < -0.3 is 19.8 Å². The predicted octanol–water partition coefficient (Wildman–Crippen LogP) is 3.86. The van der Waals surface area contributed by atoms with Crippen LogP contribution in [0.1, 0.15) is 18.4 Å². The Balaban J connectivity index is 1.65. The summed E-state index contributed by atoms with van der Waals surface area (Å²) in [6.07, 6.45) is 3.22. The maximum absolute atomic E-state index is 13.3. The molecule has 0 radical (unpaired) electrons. The molecule has 2 heterocycles. The van der Waals surface area contributed by atoms with Crippen LogP contribution in [-0.4, -0.2) is 31.2 Å². The number of methoxy groups -OCH3 is 1. The number of hydrogen-bond donors (Lipinski definition) is 2. The Bertz CT molecular complexity index is 908. The first kappa shape index (κ1) is 16.7. The molecule has 26 heavy (non-hydrogen) atoms. The van der Waals surface area contributed by atoms with Crippen LogP contribution in [0.15, 0.2) is 54.7 Å². The summed E-state index contributed by atoms with van der Waals surface area (Å²) in [5.74, 6) is 0.801. The molecule has 2 N–H and O–H groups in total. The molecule has 134 valence electrons. The third-order valence-electron chi connectivity index (χ3n) is 5.23. The average Bonchev–Trinajstić information content (AvgIpc) is 3.16. The van der Waals surface area contributed by atoms with Crippen molar-refractivity contribution >= 4 is 22.5 Å². The van der Waals surface area contributed by atoms with Gasteiger partial charge in [0.25, 0.3) is 0 Å². The van der Waals surface area contributed by atoms with Crippen LogP contribution < -0.4 is 10.1 Å². The van der Waals surface area contributed by atoms with Crippen LogP contribution in [0.5, 0.6) is 5.75 Å². The van der Waals surface area contributed by atoms with Crippen molar-refractivity contribution in [2.45, 2.75) is 18.3 Å². The van der Waals surface area contributed by atoms with Crippen LogP contribution in [0.4, 0.5) is 5.69 Å². The molecule has 0 unspecified atom stereocenters. The molecule has 1 aromatic heterocycles. The van der Waals surface area contributed by atoms with Gasteiger partial charge in [-0.05, 0) is 54.8 Å². The van der Waals surface area contributed by atoms with Crippen LogP contribution in [0.25, 0.3) is 10.9 Å². The molecular formula is C21H22N2O3. The zero-order valence-electron chi connectivity index (χ0n) is 14.7. The molecule has 0 aliphatic carbocycles. The SMILES string of the molecule is COc1ccc(C2(C(=O)Nc3ccc4[nH]ccc4c3)CCOCC2)cc1. The molecule has 0 bridgehead atoms. The Labute approximate surface area is 152 Å². The molecule has 1 aliphatic rings. The number of hydrogen-bond acceptors (Lipinski definition) is 3. The smallest absolute Gasteiger partial charge is 0.235 e. The molecule has 1 amide bonds. The number of carbonyl (C=O) groups is 1. The number of carbonyl (C=O) groups excluding carboxylic acids is 1. The maximum Gasteiger partial charge on any atom is 0.235 e. The van der Waals surface area contributed by atoms with Gasteiger partial charge in [0.05, 0.1) is 12.5 Å². The summed E-state index contributed by atoms with van der Waals surface area (Å²) in [7, 11) is 1.64. The average molecular weight is 350 g/mol. The van der Waals surface area contributed by atoms with E-state index in [-0.39, 0.29) is 5.91 Å². The molecular weight excluding hydrogens is 328 g/mol. The fourth-order valence-corrected chi connectivity index (χ4v) is 3.66. The molecule has 1 aliphatic heterocycles. The van der Waals surface area contributed by atoms with E-state index in [9.17, 15) is 4.79 Å². The lowest BCUT2D eigenvalue weighted by molar-refractivity contribution is -0.125. The van der Waals surface area contributed by atoms with Crippen LogP contribution in [0.2, 0.25) is 0 Å². The van der Waals surface area contributed by atoms with E-state index in [1.165, 1.54) is 0 Å². The normalized spacial score (nSPS) is 16.3. The first-order valence-corrected chi connectivity index (χ1v) is 8.82. The highest BCUT2D eigenvalue weighted by Gasteiger charge is 2.41. The monoisotopic (exact) mass is 350 g/mol. The quantitative estimate of drug-likeness (QED) is 0.751. The van der Waals surface area contributed by atoms with Gasteiger partial charge in [0.1, 0.15) is 5.75 Å². The van der Waals surface area contributed by atoms with Gasteiger partial charge in [0.15, 0.2) is 0 Å². The summed E-state index contributed by atoms with van der Waals surface area (Å²) >= 11 is 0. The number of fused-ring (bicyclic) bond motifs is 1. The zero-order valence-corrected chi connectivity index (χ0v) is 14.7. The molecule has 5 heteroatoms. The minimum absolute atomic E-state index is 0.0147. The molecule has 2 aromatic carbocycles. The van der Waals surface area contributed by atoms with E-state index in [0.29, 0.717) is 26.1 Å². The third kappa shape index (κ3) is 2.95. The van der Waals surface area contributed by atoms with Gasteiger partial charge in [-0.3, -0.25) is 4.79 Å². The Morgan fingerprint density at radius 1 is 1.12 bits per heavy atom. The summed E-state index contributed by atoms with van der Waals surface area (Å²) in [6, 6.07) is 15.7. The van der Waals surface area contributed by atoms with Crippen molar-refractivity contribution in [3.63, 3.8) is 0 Å². The van der Waals surface area contributed by atoms with E-state index >= 15 is 0 Å². The molecule has 0 spiro atoms. The molecule has 1 fully saturated rings. The van der Waals surface area contributed by atoms with E-state index in [1.54, 1.807) is 7.11 Å². The van der Waals surface area contributed by atoms with Crippen LogP contribution >= 0.6 is 0 Å². The van der Waals surface area contributed by atoms with Crippen molar-refractivity contribution in [2.24, 2.45) is 0 Å². The fraction of sp³-hybridized carbons (Fsp3) is 0.286. The largest absolute Gasteiger partial charge is 0.497 e. The number of anilines is 1. The fourth-order valence-electron chi connectivity index (χ4n) is 3.66. The van der Waals surface area contributed by atoms with Crippen LogP contribution in [0.3, 0.4) is 0 Å². The highest BCUT2D eigenvalue weighted by molar-refractivity contribution is 6.00. The highest BCUT2D eigenvalue weighted by atomic mass is 16.5. The van der Waals surface area contributed by atoms with Gasteiger partial charge in [-0.2, -0.15) is 0 Å². The van der Waals surface area contributed by atoms with Crippen molar-refractivity contribution in [3.05, 3.63) is 60.3 Å². The van der Waals surface area contributed by atoms with Gasteiger partial charge in [-0.1, -0.05) is 12.1 Å². The lowest BCUT2D eigenvalue weighted by Gasteiger charge is -2.36. The summed E-state index contributed by atoms with van der Waals surface area (Å²) < 4.78 is 10.8. The molecule has 1 saturated heterocycles. The number of nitrogens with one attached hydrogen (secondary N) is 2. The van der Waals surface area contributed by atoms with E-state index < -0.39 is 5.41 Å². The predicted molar refractivity (Wildman–Crippen MR) is 102 cm³/mol. The second-order valence-electron chi connectivity index (χ2n) is 6.66. The Hall–Kier alpha value is -2.79. The van der Waals surface area contributed by atoms with E-state index in [2.05, 4.69) is 10.3 Å². The standard InChI is InChI=1S/C21H22N2O3/c1-25-18-5-2-16(3-6-18)21(9-12-26-13-10-21)20(24)23-17-4-7-19-15(14-17)8-11-22-19/h2-8,11,14,22H,9-10,12-13H2,1H3,(H,23,24). The molecule has 5 nitrogen and oxygen atoms in total. The van der Waals surface area contributed by atoms with Gasteiger partial charge in [-0.25, -0.2) is 0 Å². The van der Waals surface area contributed by atoms with Gasteiger partial charge in [0.2, 0.25) is 5.91 Å². The highest BCUT2D eigenvalue weighted by Crippen LogP contribution is 2.37. The summed E-state index contributed by atoms with van der Waals surface area (Å²) in [6.45, 7) is 1.16. The minimum atomic E-state index is -0.586. The number of H-pyrrole nitrogens is 1. The summed E-state index contributed by atoms with van der Waals surface area (Å²) in [5.41, 5.74) is 2.28. The molecule has 0 saturated carbocycles. The number of benzene rings is 2. The van der Waals surface area contributed by atoms with Gasteiger partial charge in [0, 0.05) is 36.0 Å². The molecule has 0 atom stereocenters. The molecule has 3 aromatic rings. The Morgan fingerprint density at radius 3 is 2.62 bits per heavy atom. The molecule has 4 rings (SSSR count). The van der Waals surface area contributed by atoms with Crippen molar-refractivity contribution in [1.29, 1.82) is 0 Å². The summed E-state index contributed by atoms with van der Waals surface area (Å²) in [4.78, 5) is 16.5. The van der Waals surface area contributed by atoms with Crippen molar-refractivity contribution < 1.29 is 14.3 Å². The van der Waals surface area contributed by atoms with Crippen molar-refractivity contribution in [1.82, 2.24) is 4.98 Å². The first-order chi connectivity index (χ1) is 12.7. The lowest BCUT2D eigenvalue weighted by Crippen LogP contribution is -2.44. The van der Waals surface area contributed by atoms with E-state index in [4.69, 9.17) is 9.47 Å². The van der Waals surface area contributed by atoms with Gasteiger partial charge in [-0.15, -0.1) is 0 Å². The number of aromatic nitrogens is 1. The summed E-state index contributed by atoms with van der Waals surface area (Å²) in [5, 5.41) is 4.20. The van der Waals surface area contributed by atoms with Crippen molar-refractivity contribution in [3.8, 4) is 5.75 Å².